The Hall–Kier alpha value is -0.570. The second kappa shape index (κ2) is 5.50. The number of ether oxygens (including phenoxy) is 1. The normalized spacial score (nSPS) is 18.5. The molecule has 0 atom stereocenters. The van der Waals surface area contributed by atoms with E-state index >= 15 is 0 Å². The van der Waals surface area contributed by atoms with Crippen LogP contribution < -0.4 is 4.74 Å². The second-order valence-corrected chi connectivity index (χ2v) is 4.99. The quantitative estimate of drug-likeness (QED) is 0.759. The topological polar surface area (TPSA) is 22.1 Å². The number of hydrogen-bond acceptors (Lipinski definition) is 2. The fourth-order valence-corrected chi connectivity index (χ4v) is 2.35. The average molecular weight is 270 g/mol. The molecule has 0 saturated heterocycles. The molecule has 1 saturated carbocycles. The van der Waals surface area contributed by atoms with E-state index in [1.165, 1.54) is 38.5 Å². The fraction of sp³-hybridized carbons (Fsp3) is 0.583. The van der Waals surface area contributed by atoms with Crippen LogP contribution >= 0.6 is 15.9 Å². The first-order valence-corrected chi connectivity index (χ1v) is 6.41. The summed E-state index contributed by atoms with van der Waals surface area (Å²) in [5.41, 5.74) is 0. The van der Waals surface area contributed by atoms with Crippen LogP contribution in [0, 0.1) is 0 Å². The Bertz CT molecular complexity index is 308. The minimum Gasteiger partial charge on any atom is -0.489 e. The van der Waals surface area contributed by atoms with Crippen molar-refractivity contribution in [3.05, 3.63) is 22.9 Å². The Labute approximate surface area is 99.2 Å². The predicted octanol–water partition coefficient (Wildman–Crippen LogP) is 3.95. The number of nitrogens with zero attached hydrogens (tertiary/aromatic N) is 1. The molecule has 1 aromatic heterocycles. The van der Waals surface area contributed by atoms with E-state index in [-0.39, 0.29) is 0 Å². The summed E-state index contributed by atoms with van der Waals surface area (Å²) in [5, 5.41) is 0. The number of aromatic nitrogens is 1. The zero-order chi connectivity index (χ0) is 10.5. The summed E-state index contributed by atoms with van der Waals surface area (Å²) >= 11 is 3.40. The minimum absolute atomic E-state index is 0.392. The maximum absolute atomic E-state index is 5.92. The van der Waals surface area contributed by atoms with Gasteiger partial charge in [0.05, 0.1) is 12.3 Å². The van der Waals surface area contributed by atoms with Crippen molar-refractivity contribution in [2.24, 2.45) is 0 Å². The van der Waals surface area contributed by atoms with E-state index in [9.17, 15) is 0 Å². The summed E-state index contributed by atoms with van der Waals surface area (Å²) in [6, 6.07) is 1.98. The molecule has 2 rings (SSSR count). The third-order valence-electron chi connectivity index (χ3n) is 2.78. The first-order valence-electron chi connectivity index (χ1n) is 5.62. The molecule has 0 aliphatic heterocycles. The number of hydrogen-bond donors (Lipinski definition) is 0. The summed E-state index contributed by atoms with van der Waals surface area (Å²) in [6.45, 7) is 0. The highest BCUT2D eigenvalue weighted by Gasteiger charge is 2.13. The average Bonchev–Trinajstić information content (AvgIpc) is 2.46. The summed E-state index contributed by atoms with van der Waals surface area (Å²) in [6.07, 6.45) is 11.6. The van der Waals surface area contributed by atoms with Crippen LogP contribution in [0.2, 0.25) is 0 Å². The highest BCUT2D eigenvalue weighted by molar-refractivity contribution is 9.10. The third-order valence-corrected chi connectivity index (χ3v) is 3.22. The van der Waals surface area contributed by atoms with Gasteiger partial charge in [0.1, 0.15) is 5.75 Å². The van der Waals surface area contributed by atoms with Crippen LogP contribution in [0.15, 0.2) is 22.9 Å². The fourth-order valence-electron chi connectivity index (χ4n) is 2.01. The van der Waals surface area contributed by atoms with E-state index in [0.29, 0.717) is 6.10 Å². The van der Waals surface area contributed by atoms with E-state index < -0.39 is 0 Å². The van der Waals surface area contributed by atoms with Crippen LogP contribution in [-0.2, 0) is 0 Å². The zero-order valence-corrected chi connectivity index (χ0v) is 10.4. The molecule has 0 amide bonds. The van der Waals surface area contributed by atoms with Crippen molar-refractivity contribution in [1.82, 2.24) is 4.98 Å². The van der Waals surface area contributed by atoms with Crippen molar-refractivity contribution in [2.45, 2.75) is 44.6 Å². The Kier molecular flexibility index (Phi) is 4.01. The molecule has 0 unspecified atom stereocenters. The van der Waals surface area contributed by atoms with Gasteiger partial charge in [-0.3, -0.25) is 4.98 Å². The zero-order valence-electron chi connectivity index (χ0n) is 8.79. The van der Waals surface area contributed by atoms with Gasteiger partial charge in [0, 0.05) is 10.7 Å². The molecule has 1 fully saturated rings. The Morgan fingerprint density at radius 2 is 1.87 bits per heavy atom. The number of halogens is 1. The van der Waals surface area contributed by atoms with Crippen molar-refractivity contribution in [3.63, 3.8) is 0 Å². The lowest BCUT2D eigenvalue weighted by Crippen LogP contribution is -2.15. The van der Waals surface area contributed by atoms with Gasteiger partial charge in [-0.05, 0) is 47.7 Å². The first kappa shape index (κ1) is 10.9. The van der Waals surface area contributed by atoms with Crippen molar-refractivity contribution in [2.75, 3.05) is 0 Å². The van der Waals surface area contributed by atoms with Gasteiger partial charge in [-0.15, -0.1) is 0 Å². The van der Waals surface area contributed by atoms with E-state index in [1.54, 1.807) is 12.4 Å². The predicted molar refractivity (Wildman–Crippen MR) is 64.1 cm³/mol. The van der Waals surface area contributed by atoms with Crippen molar-refractivity contribution in [1.29, 1.82) is 0 Å². The van der Waals surface area contributed by atoms with Crippen LogP contribution in [0.4, 0.5) is 0 Å². The summed E-state index contributed by atoms with van der Waals surface area (Å²) in [4.78, 5) is 4.10. The van der Waals surface area contributed by atoms with Gasteiger partial charge in [0.25, 0.3) is 0 Å². The molecule has 1 aliphatic rings. The molecular weight excluding hydrogens is 254 g/mol. The van der Waals surface area contributed by atoms with E-state index in [0.717, 1.165) is 10.2 Å². The highest BCUT2D eigenvalue weighted by atomic mass is 79.9. The van der Waals surface area contributed by atoms with Gasteiger partial charge in [-0.1, -0.05) is 12.8 Å². The Balaban J connectivity index is 1.95. The maximum atomic E-state index is 5.92. The molecule has 82 valence electrons. The number of rotatable bonds is 2. The lowest BCUT2D eigenvalue weighted by Gasteiger charge is -2.16. The van der Waals surface area contributed by atoms with Gasteiger partial charge in [-0.2, -0.15) is 0 Å². The van der Waals surface area contributed by atoms with Crippen LogP contribution in [0.3, 0.4) is 0 Å². The Morgan fingerprint density at radius 3 is 2.53 bits per heavy atom. The molecule has 2 nitrogen and oxygen atoms in total. The molecule has 1 heterocycles. The molecular formula is C12H16BrNO. The second-order valence-electron chi connectivity index (χ2n) is 4.07. The first-order chi connectivity index (χ1) is 7.34. The minimum atomic E-state index is 0.392. The summed E-state index contributed by atoms with van der Waals surface area (Å²) in [5.74, 6) is 0.885. The molecule has 0 N–H and O–H groups in total. The van der Waals surface area contributed by atoms with Crippen LogP contribution in [0.25, 0.3) is 0 Å². The van der Waals surface area contributed by atoms with E-state index in [2.05, 4.69) is 20.9 Å². The van der Waals surface area contributed by atoms with Gasteiger partial charge < -0.3 is 4.74 Å². The maximum Gasteiger partial charge on any atom is 0.139 e. The summed E-state index contributed by atoms with van der Waals surface area (Å²) in [7, 11) is 0. The summed E-state index contributed by atoms with van der Waals surface area (Å²) < 4.78 is 6.90. The monoisotopic (exact) mass is 269 g/mol. The van der Waals surface area contributed by atoms with Gasteiger partial charge in [0.2, 0.25) is 0 Å². The molecule has 0 spiro atoms. The van der Waals surface area contributed by atoms with Crippen molar-refractivity contribution >= 4 is 15.9 Å². The lowest BCUT2D eigenvalue weighted by molar-refractivity contribution is 0.183. The molecule has 1 aromatic rings. The standard InChI is InChI=1S/C12H16BrNO/c13-10-7-12(9-14-8-10)15-11-5-3-1-2-4-6-11/h7-9,11H,1-6H2. The largest absolute Gasteiger partial charge is 0.489 e. The molecule has 1 aliphatic carbocycles. The molecule has 3 heteroatoms. The molecule has 15 heavy (non-hydrogen) atoms. The van der Waals surface area contributed by atoms with Crippen molar-refractivity contribution < 1.29 is 4.74 Å². The van der Waals surface area contributed by atoms with E-state index in [4.69, 9.17) is 4.74 Å². The molecule has 0 aromatic carbocycles. The molecule has 0 radical (unpaired) electrons. The van der Waals surface area contributed by atoms with Gasteiger partial charge >= 0.3 is 0 Å². The Morgan fingerprint density at radius 1 is 1.13 bits per heavy atom. The SMILES string of the molecule is Brc1cncc(OC2CCCCCC2)c1. The highest BCUT2D eigenvalue weighted by Crippen LogP contribution is 2.23. The number of pyridine rings is 1. The molecule has 0 bridgehead atoms. The van der Waals surface area contributed by atoms with E-state index in [1.807, 2.05) is 6.07 Å². The van der Waals surface area contributed by atoms with Crippen molar-refractivity contribution in [3.8, 4) is 5.75 Å². The van der Waals surface area contributed by atoms with Crippen LogP contribution in [0.1, 0.15) is 38.5 Å². The third kappa shape index (κ3) is 3.49. The van der Waals surface area contributed by atoms with Gasteiger partial charge in [-0.25, -0.2) is 0 Å². The smallest absolute Gasteiger partial charge is 0.139 e. The van der Waals surface area contributed by atoms with Crippen LogP contribution in [0.5, 0.6) is 5.75 Å². The van der Waals surface area contributed by atoms with Gasteiger partial charge in [0.15, 0.2) is 0 Å². The lowest BCUT2D eigenvalue weighted by atomic mass is 10.1. The van der Waals surface area contributed by atoms with Crippen LogP contribution in [-0.4, -0.2) is 11.1 Å².